The maximum atomic E-state index is 13.7. The van der Waals surface area contributed by atoms with Crippen molar-refractivity contribution in [3.05, 3.63) is 35.4 Å². The predicted octanol–water partition coefficient (Wildman–Crippen LogP) is 1.53. The van der Waals surface area contributed by atoms with Gasteiger partial charge in [-0.1, -0.05) is 0 Å². The molecule has 0 spiro atoms. The summed E-state index contributed by atoms with van der Waals surface area (Å²) < 4.78 is 32.3. The van der Waals surface area contributed by atoms with E-state index in [-0.39, 0.29) is 31.2 Å². The first-order valence-electron chi connectivity index (χ1n) is 6.99. The second kappa shape index (κ2) is 5.31. The highest BCUT2D eigenvalue weighted by molar-refractivity contribution is 5.95. The van der Waals surface area contributed by atoms with Gasteiger partial charge in [-0.2, -0.15) is 0 Å². The Labute approximate surface area is 125 Å². The standard InChI is InChI=1S/C15H15F2NO4/c16-10-1-2-12(17)11(5-10)13(19)18-6-9-7-22-4-3-15(9,8-18)14(20)21/h1-2,5,9H,3-4,6-8H2,(H,20,21)/t9-,15+/m0/s1. The van der Waals surface area contributed by atoms with E-state index in [0.29, 0.717) is 13.0 Å². The van der Waals surface area contributed by atoms with Gasteiger partial charge in [0.1, 0.15) is 11.6 Å². The van der Waals surface area contributed by atoms with Crippen molar-refractivity contribution in [3.8, 4) is 0 Å². The van der Waals surface area contributed by atoms with Crippen LogP contribution in [0.3, 0.4) is 0 Å². The number of carboxylic acid groups (broad SMARTS) is 1. The van der Waals surface area contributed by atoms with Crippen molar-refractivity contribution in [2.24, 2.45) is 11.3 Å². The molecular formula is C15H15F2NO4. The zero-order valence-electron chi connectivity index (χ0n) is 11.7. The van der Waals surface area contributed by atoms with Crippen LogP contribution >= 0.6 is 0 Å². The lowest BCUT2D eigenvalue weighted by Crippen LogP contribution is -2.45. The van der Waals surface area contributed by atoms with Crippen molar-refractivity contribution in [1.29, 1.82) is 0 Å². The normalized spacial score (nSPS) is 27.5. The fraction of sp³-hybridized carbons (Fsp3) is 0.467. The molecule has 5 nitrogen and oxygen atoms in total. The highest BCUT2D eigenvalue weighted by atomic mass is 19.1. The van der Waals surface area contributed by atoms with Crippen molar-refractivity contribution in [2.45, 2.75) is 6.42 Å². The van der Waals surface area contributed by atoms with Gasteiger partial charge in [0.05, 0.1) is 17.6 Å². The van der Waals surface area contributed by atoms with Crippen LogP contribution in [0, 0.1) is 23.0 Å². The molecule has 2 heterocycles. The molecule has 1 N–H and O–H groups in total. The summed E-state index contributed by atoms with van der Waals surface area (Å²) in [7, 11) is 0. The maximum absolute atomic E-state index is 13.7. The van der Waals surface area contributed by atoms with Gasteiger partial charge in [-0.25, -0.2) is 8.78 Å². The topological polar surface area (TPSA) is 66.8 Å². The fourth-order valence-electron chi connectivity index (χ4n) is 3.29. The number of rotatable bonds is 2. The van der Waals surface area contributed by atoms with Crippen molar-refractivity contribution >= 4 is 11.9 Å². The summed E-state index contributed by atoms with van der Waals surface area (Å²) in [6.07, 6.45) is 0.308. The van der Waals surface area contributed by atoms with Crippen molar-refractivity contribution in [2.75, 3.05) is 26.3 Å². The number of carbonyl (C=O) groups excluding carboxylic acids is 1. The van der Waals surface area contributed by atoms with E-state index in [2.05, 4.69) is 0 Å². The van der Waals surface area contributed by atoms with E-state index in [1.165, 1.54) is 4.90 Å². The maximum Gasteiger partial charge on any atom is 0.311 e. The first-order chi connectivity index (χ1) is 10.4. The van der Waals surface area contributed by atoms with Crippen LogP contribution in [0.25, 0.3) is 0 Å². The summed E-state index contributed by atoms with van der Waals surface area (Å²) in [6, 6.07) is 2.66. The molecule has 3 rings (SSSR count). The minimum atomic E-state index is -1.06. The van der Waals surface area contributed by atoms with Gasteiger partial charge in [0, 0.05) is 25.6 Å². The Morgan fingerprint density at radius 1 is 1.36 bits per heavy atom. The Morgan fingerprint density at radius 3 is 2.82 bits per heavy atom. The van der Waals surface area contributed by atoms with E-state index in [9.17, 15) is 23.5 Å². The average Bonchev–Trinajstić information content (AvgIpc) is 2.90. The van der Waals surface area contributed by atoms with Crippen LogP contribution in [0.4, 0.5) is 8.78 Å². The summed E-state index contributed by atoms with van der Waals surface area (Å²) in [5, 5.41) is 9.54. The molecule has 0 aromatic heterocycles. The number of hydrogen-bond acceptors (Lipinski definition) is 3. The number of carbonyl (C=O) groups is 2. The molecule has 0 bridgehead atoms. The summed E-state index contributed by atoms with van der Waals surface area (Å²) in [6.45, 7) is 0.729. The van der Waals surface area contributed by atoms with Crippen molar-refractivity contribution in [3.63, 3.8) is 0 Å². The number of amides is 1. The lowest BCUT2D eigenvalue weighted by atomic mass is 9.74. The Hall–Kier alpha value is -2.02. The molecule has 0 saturated carbocycles. The lowest BCUT2D eigenvalue weighted by molar-refractivity contribution is -0.157. The number of aliphatic carboxylic acids is 1. The minimum absolute atomic E-state index is 0.00878. The second-order valence-electron chi connectivity index (χ2n) is 5.79. The van der Waals surface area contributed by atoms with Gasteiger partial charge in [-0.3, -0.25) is 9.59 Å². The van der Waals surface area contributed by atoms with Gasteiger partial charge < -0.3 is 14.7 Å². The quantitative estimate of drug-likeness (QED) is 0.899. The average molecular weight is 311 g/mol. The molecule has 2 fully saturated rings. The molecular weight excluding hydrogens is 296 g/mol. The van der Waals surface area contributed by atoms with E-state index in [4.69, 9.17) is 4.74 Å². The number of fused-ring (bicyclic) bond motifs is 1. The van der Waals surface area contributed by atoms with Gasteiger partial charge in [0.2, 0.25) is 0 Å². The Kier molecular flexibility index (Phi) is 3.60. The van der Waals surface area contributed by atoms with E-state index in [0.717, 1.165) is 18.2 Å². The Morgan fingerprint density at radius 2 is 2.14 bits per heavy atom. The SMILES string of the molecule is O=C(c1cc(F)ccc1F)N1C[C@H]2COCC[C@@]2(C(=O)O)C1. The number of likely N-dealkylation sites (tertiary alicyclic amines) is 1. The molecule has 2 atom stereocenters. The predicted molar refractivity (Wildman–Crippen MR) is 71.3 cm³/mol. The first kappa shape index (κ1) is 14.9. The molecule has 2 aliphatic heterocycles. The minimum Gasteiger partial charge on any atom is -0.481 e. The van der Waals surface area contributed by atoms with Crippen molar-refractivity contribution < 1.29 is 28.2 Å². The summed E-state index contributed by atoms with van der Waals surface area (Å²) in [5.41, 5.74) is -1.43. The number of halogens is 2. The molecule has 22 heavy (non-hydrogen) atoms. The zero-order valence-corrected chi connectivity index (χ0v) is 11.7. The zero-order chi connectivity index (χ0) is 15.9. The Balaban J connectivity index is 1.89. The van der Waals surface area contributed by atoms with Crippen LogP contribution in [0.1, 0.15) is 16.8 Å². The van der Waals surface area contributed by atoms with E-state index < -0.39 is 28.9 Å². The third-order valence-corrected chi connectivity index (χ3v) is 4.58. The molecule has 7 heteroatoms. The molecule has 1 amide bonds. The monoisotopic (exact) mass is 311 g/mol. The lowest BCUT2D eigenvalue weighted by Gasteiger charge is -2.33. The molecule has 0 unspecified atom stereocenters. The number of ether oxygens (including phenoxy) is 1. The van der Waals surface area contributed by atoms with Crippen LogP contribution in [-0.2, 0) is 9.53 Å². The number of nitrogens with zero attached hydrogens (tertiary/aromatic N) is 1. The van der Waals surface area contributed by atoms with Gasteiger partial charge in [0.15, 0.2) is 0 Å². The largest absolute Gasteiger partial charge is 0.481 e. The highest BCUT2D eigenvalue weighted by Gasteiger charge is 2.55. The molecule has 1 aromatic rings. The van der Waals surface area contributed by atoms with E-state index in [1.54, 1.807) is 0 Å². The summed E-state index contributed by atoms with van der Waals surface area (Å²) >= 11 is 0. The van der Waals surface area contributed by atoms with Gasteiger partial charge in [-0.15, -0.1) is 0 Å². The van der Waals surface area contributed by atoms with E-state index >= 15 is 0 Å². The number of benzene rings is 1. The summed E-state index contributed by atoms with van der Waals surface area (Å²) in [4.78, 5) is 25.4. The first-order valence-corrected chi connectivity index (χ1v) is 6.99. The van der Waals surface area contributed by atoms with Crippen LogP contribution in [-0.4, -0.2) is 48.2 Å². The van der Waals surface area contributed by atoms with Gasteiger partial charge in [0.25, 0.3) is 5.91 Å². The molecule has 118 valence electrons. The fourth-order valence-corrected chi connectivity index (χ4v) is 3.29. The van der Waals surface area contributed by atoms with Crippen molar-refractivity contribution in [1.82, 2.24) is 4.90 Å². The highest BCUT2D eigenvalue weighted by Crippen LogP contribution is 2.42. The van der Waals surface area contributed by atoms with Crippen LogP contribution in [0.15, 0.2) is 18.2 Å². The smallest absolute Gasteiger partial charge is 0.311 e. The Bertz CT molecular complexity index is 636. The van der Waals surface area contributed by atoms with Crippen LogP contribution < -0.4 is 0 Å². The van der Waals surface area contributed by atoms with Crippen LogP contribution in [0.5, 0.6) is 0 Å². The van der Waals surface area contributed by atoms with Crippen LogP contribution in [0.2, 0.25) is 0 Å². The molecule has 2 aliphatic rings. The molecule has 1 aromatic carbocycles. The molecule has 0 radical (unpaired) electrons. The van der Waals surface area contributed by atoms with Gasteiger partial charge in [-0.05, 0) is 24.6 Å². The van der Waals surface area contributed by atoms with E-state index in [1.807, 2.05) is 0 Å². The molecule has 0 aliphatic carbocycles. The number of carboxylic acids is 1. The third kappa shape index (κ3) is 2.25. The number of hydrogen-bond donors (Lipinski definition) is 1. The third-order valence-electron chi connectivity index (χ3n) is 4.58. The van der Waals surface area contributed by atoms with Gasteiger partial charge >= 0.3 is 5.97 Å². The molecule has 2 saturated heterocycles. The second-order valence-corrected chi connectivity index (χ2v) is 5.79. The summed E-state index contributed by atoms with van der Waals surface area (Å²) in [5.74, 6) is -3.53.